The van der Waals surface area contributed by atoms with E-state index in [2.05, 4.69) is 15.9 Å². The Morgan fingerprint density at radius 2 is 2.10 bits per heavy atom. The molecular weight excluding hydrogens is 324 g/mol. The number of methoxy groups -OCH3 is 1. The van der Waals surface area contributed by atoms with Crippen LogP contribution in [0.1, 0.15) is 24.9 Å². The second kappa shape index (κ2) is 7.40. The van der Waals surface area contributed by atoms with Crippen LogP contribution in [0.4, 0.5) is 0 Å². The Labute approximate surface area is 127 Å². The largest absolute Gasteiger partial charge is 0.381 e. The smallest absolute Gasteiger partial charge is 0.244 e. The van der Waals surface area contributed by atoms with Gasteiger partial charge in [0, 0.05) is 18.6 Å². The molecular formula is C14H19BrN2O3. The number of rotatable bonds is 6. The van der Waals surface area contributed by atoms with Gasteiger partial charge in [-0.3, -0.25) is 9.59 Å². The fraction of sp³-hybridized carbons (Fsp3) is 0.429. The monoisotopic (exact) mass is 342 g/mol. The average Bonchev–Trinajstić information content (AvgIpc) is 2.38. The van der Waals surface area contributed by atoms with Crippen molar-refractivity contribution < 1.29 is 14.3 Å². The second-order valence-corrected chi connectivity index (χ2v) is 5.53. The molecule has 0 fully saturated rings. The molecule has 1 aromatic rings. The van der Waals surface area contributed by atoms with E-state index in [0.29, 0.717) is 5.56 Å². The number of likely N-dealkylation sites (N-methyl/N-ethyl adjacent to an activating group) is 1. The van der Waals surface area contributed by atoms with Gasteiger partial charge in [-0.1, -0.05) is 28.1 Å². The van der Waals surface area contributed by atoms with Gasteiger partial charge in [0.05, 0.1) is 12.5 Å². The number of carbonyl (C=O) groups excluding carboxylic acids is 2. The molecule has 0 aliphatic heterocycles. The van der Waals surface area contributed by atoms with E-state index in [4.69, 9.17) is 10.5 Å². The summed E-state index contributed by atoms with van der Waals surface area (Å²) in [6.07, 6.45) is -0.00823. The molecule has 2 N–H and O–H groups in total. The zero-order chi connectivity index (χ0) is 15.3. The van der Waals surface area contributed by atoms with E-state index in [-0.39, 0.29) is 18.4 Å². The predicted octanol–water partition coefficient (Wildman–Crippen LogP) is 1.86. The van der Waals surface area contributed by atoms with Gasteiger partial charge >= 0.3 is 0 Å². The number of hydrogen-bond donors (Lipinski definition) is 1. The van der Waals surface area contributed by atoms with Crippen molar-refractivity contribution in [2.75, 3.05) is 14.2 Å². The lowest BCUT2D eigenvalue weighted by atomic mass is 10.0. The number of carbonyl (C=O) groups is 2. The first-order valence-electron chi connectivity index (χ1n) is 6.20. The zero-order valence-corrected chi connectivity index (χ0v) is 13.4. The molecule has 0 aliphatic carbocycles. The standard InChI is InChI=1S/C14H19BrN2O3/c1-9(20-3)7-12(18)17(2)13(14(16)19)10-5-4-6-11(15)8-10/h4-6,8-9,13H,7H2,1-3H3,(H2,16,19)/t9-,13-/m0/s1. The number of hydrogen-bond acceptors (Lipinski definition) is 3. The highest BCUT2D eigenvalue weighted by Gasteiger charge is 2.27. The lowest BCUT2D eigenvalue weighted by Crippen LogP contribution is -2.40. The Kier molecular flexibility index (Phi) is 6.16. The summed E-state index contributed by atoms with van der Waals surface area (Å²) in [5.74, 6) is -0.757. The normalized spacial score (nSPS) is 13.6. The summed E-state index contributed by atoms with van der Waals surface area (Å²) < 4.78 is 5.89. The van der Waals surface area contributed by atoms with E-state index in [1.54, 1.807) is 32.2 Å². The third-order valence-corrected chi connectivity index (χ3v) is 3.57. The molecule has 5 nitrogen and oxygen atoms in total. The van der Waals surface area contributed by atoms with E-state index >= 15 is 0 Å². The van der Waals surface area contributed by atoms with Crippen molar-refractivity contribution in [3.63, 3.8) is 0 Å². The number of ether oxygens (including phenoxy) is 1. The zero-order valence-electron chi connectivity index (χ0n) is 11.8. The third-order valence-electron chi connectivity index (χ3n) is 3.08. The van der Waals surface area contributed by atoms with Crippen LogP contribution in [0.2, 0.25) is 0 Å². The molecule has 20 heavy (non-hydrogen) atoms. The summed E-state index contributed by atoms with van der Waals surface area (Å²) in [6.45, 7) is 1.80. The molecule has 0 aliphatic rings. The highest BCUT2D eigenvalue weighted by molar-refractivity contribution is 9.10. The fourth-order valence-corrected chi connectivity index (χ4v) is 2.29. The van der Waals surface area contributed by atoms with Gasteiger partial charge in [0.2, 0.25) is 11.8 Å². The number of halogens is 1. The molecule has 0 radical (unpaired) electrons. The maximum Gasteiger partial charge on any atom is 0.244 e. The van der Waals surface area contributed by atoms with Gasteiger partial charge in [0.15, 0.2) is 0 Å². The van der Waals surface area contributed by atoms with E-state index < -0.39 is 11.9 Å². The van der Waals surface area contributed by atoms with Crippen LogP contribution in [0.15, 0.2) is 28.7 Å². The molecule has 0 saturated heterocycles. The summed E-state index contributed by atoms with van der Waals surface area (Å²) in [5.41, 5.74) is 6.12. The minimum absolute atomic E-state index is 0.192. The maximum absolute atomic E-state index is 12.1. The van der Waals surface area contributed by atoms with Crippen LogP contribution >= 0.6 is 15.9 Å². The summed E-state index contributed by atoms with van der Waals surface area (Å²) in [5, 5.41) is 0. The number of amides is 2. The highest BCUT2D eigenvalue weighted by Crippen LogP contribution is 2.23. The van der Waals surface area contributed by atoms with E-state index in [1.165, 1.54) is 12.0 Å². The number of nitrogens with two attached hydrogens (primary N) is 1. The number of nitrogens with zero attached hydrogens (tertiary/aromatic N) is 1. The summed E-state index contributed by atoms with van der Waals surface area (Å²) in [7, 11) is 3.11. The Morgan fingerprint density at radius 3 is 2.60 bits per heavy atom. The molecule has 6 heteroatoms. The quantitative estimate of drug-likeness (QED) is 0.857. The Hall–Kier alpha value is -1.40. The van der Waals surface area contributed by atoms with Crippen LogP contribution < -0.4 is 5.73 Å². The summed E-state index contributed by atoms with van der Waals surface area (Å²) >= 11 is 3.34. The van der Waals surface area contributed by atoms with E-state index in [1.807, 2.05) is 6.07 Å². The lowest BCUT2D eigenvalue weighted by Gasteiger charge is -2.27. The van der Waals surface area contributed by atoms with Crippen molar-refractivity contribution in [1.82, 2.24) is 4.90 Å². The van der Waals surface area contributed by atoms with Gasteiger partial charge in [0.25, 0.3) is 0 Å². The van der Waals surface area contributed by atoms with Crippen LogP contribution in [0.25, 0.3) is 0 Å². The highest BCUT2D eigenvalue weighted by atomic mass is 79.9. The molecule has 0 aromatic heterocycles. The molecule has 0 unspecified atom stereocenters. The van der Waals surface area contributed by atoms with Crippen molar-refractivity contribution in [2.45, 2.75) is 25.5 Å². The van der Waals surface area contributed by atoms with Crippen molar-refractivity contribution >= 4 is 27.7 Å². The van der Waals surface area contributed by atoms with Crippen LogP contribution in [0.3, 0.4) is 0 Å². The lowest BCUT2D eigenvalue weighted by molar-refractivity contribution is -0.139. The van der Waals surface area contributed by atoms with E-state index in [9.17, 15) is 9.59 Å². The maximum atomic E-state index is 12.1. The van der Waals surface area contributed by atoms with Gasteiger partial charge in [0.1, 0.15) is 6.04 Å². The Bertz CT molecular complexity index is 493. The first-order valence-corrected chi connectivity index (χ1v) is 6.99. The van der Waals surface area contributed by atoms with Gasteiger partial charge < -0.3 is 15.4 Å². The molecule has 0 saturated carbocycles. The van der Waals surface area contributed by atoms with Crippen LogP contribution in [-0.4, -0.2) is 37.0 Å². The van der Waals surface area contributed by atoms with Crippen molar-refractivity contribution in [3.05, 3.63) is 34.3 Å². The minimum atomic E-state index is -0.788. The third kappa shape index (κ3) is 4.31. The molecule has 2 atom stereocenters. The molecule has 1 rings (SSSR count). The van der Waals surface area contributed by atoms with Gasteiger partial charge in [-0.05, 0) is 24.6 Å². The molecule has 0 heterocycles. The van der Waals surface area contributed by atoms with Gasteiger partial charge in [-0.15, -0.1) is 0 Å². The molecule has 0 spiro atoms. The topological polar surface area (TPSA) is 72.6 Å². The fourth-order valence-electron chi connectivity index (χ4n) is 1.87. The summed E-state index contributed by atoms with van der Waals surface area (Å²) in [6, 6.07) is 6.40. The van der Waals surface area contributed by atoms with Crippen molar-refractivity contribution in [1.29, 1.82) is 0 Å². The summed E-state index contributed by atoms with van der Waals surface area (Å²) in [4.78, 5) is 25.2. The minimum Gasteiger partial charge on any atom is -0.381 e. The van der Waals surface area contributed by atoms with Crippen LogP contribution in [0.5, 0.6) is 0 Å². The van der Waals surface area contributed by atoms with Crippen LogP contribution in [-0.2, 0) is 14.3 Å². The Morgan fingerprint density at radius 1 is 1.45 bits per heavy atom. The SMILES string of the molecule is CO[C@@H](C)CC(=O)N(C)[C@H](C(N)=O)c1cccc(Br)c1. The number of benzene rings is 1. The first kappa shape index (κ1) is 16.7. The Balaban J connectivity index is 2.97. The van der Waals surface area contributed by atoms with Gasteiger partial charge in [-0.2, -0.15) is 0 Å². The van der Waals surface area contributed by atoms with Crippen molar-refractivity contribution in [3.8, 4) is 0 Å². The van der Waals surface area contributed by atoms with Crippen LogP contribution in [0, 0.1) is 0 Å². The predicted molar refractivity (Wildman–Crippen MR) is 79.9 cm³/mol. The average molecular weight is 343 g/mol. The van der Waals surface area contributed by atoms with E-state index in [0.717, 1.165) is 4.47 Å². The second-order valence-electron chi connectivity index (χ2n) is 4.61. The first-order chi connectivity index (χ1) is 9.36. The van der Waals surface area contributed by atoms with Gasteiger partial charge in [-0.25, -0.2) is 0 Å². The van der Waals surface area contributed by atoms with Crippen molar-refractivity contribution in [2.24, 2.45) is 5.73 Å². The number of primary amides is 1. The molecule has 0 bridgehead atoms. The molecule has 2 amide bonds. The molecule has 110 valence electrons. The molecule has 1 aromatic carbocycles.